The van der Waals surface area contributed by atoms with Crippen molar-refractivity contribution in [1.82, 2.24) is 15.3 Å². The normalized spacial score (nSPS) is 18.0. The van der Waals surface area contributed by atoms with Crippen LogP contribution < -0.4 is 16.4 Å². The Balaban J connectivity index is 2.18. The number of rotatable bonds is 6. The molecule has 1 aliphatic heterocycles. The van der Waals surface area contributed by atoms with Crippen LogP contribution in [-0.2, 0) is 0 Å². The Morgan fingerprint density at radius 3 is 3.10 bits per heavy atom. The Bertz CT molecular complexity index is 557. The first-order valence-electron chi connectivity index (χ1n) is 7.12. The summed E-state index contributed by atoms with van der Waals surface area (Å²) in [6.07, 6.45) is 7.36. The third-order valence-electron chi connectivity index (χ3n) is 3.49. The quantitative estimate of drug-likeness (QED) is 0.471. The second kappa shape index (κ2) is 6.99. The van der Waals surface area contributed by atoms with Gasteiger partial charge in [0.1, 0.15) is 18.0 Å². The van der Waals surface area contributed by atoms with Crippen LogP contribution in [0, 0.1) is 5.41 Å². The lowest BCUT2D eigenvalue weighted by molar-refractivity contribution is 0.632. The first-order valence-corrected chi connectivity index (χ1v) is 7.12. The number of allylic oxidation sites excluding steroid dienone is 3. The average molecular weight is 286 g/mol. The molecular formula is C15H22N6. The zero-order valence-electron chi connectivity index (χ0n) is 12.3. The molecule has 5 N–H and O–H groups in total. The Morgan fingerprint density at radius 2 is 2.43 bits per heavy atom. The van der Waals surface area contributed by atoms with Crippen LogP contribution >= 0.6 is 0 Å². The van der Waals surface area contributed by atoms with Crippen molar-refractivity contribution in [3.63, 3.8) is 0 Å². The fourth-order valence-electron chi connectivity index (χ4n) is 2.38. The van der Waals surface area contributed by atoms with E-state index in [1.165, 1.54) is 12.7 Å². The third kappa shape index (κ3) is 3.66. The molecule has 1 fully saturated rings. The van der Waals surface area contributed by atoms with E-state index < -0.39 is 0 Å². The number of aromatic nitrogens is 2. The molecule has 0 amide bonds. The summed E-state index contributed by atoms with van der Waals surface area (Å²) in [6, 6.07) is 0.432. The van der Waals surface area contributed by atoms with Crippen LogP contribution in [0.3, 0.4) is 0 Å². The highest BCUT2D eigenvalue weighted by Gasteiger charge is 2.18. The van der Waals surface area contributed by atoms with E-state index in [9.17, 15) is 0 Å². The molecule has 0 radical (unpaired) electrons. The highest BCUT2D eigenvalue weighted by molar-refractivity contribution is 6.17. The Kier molecular flexibility index (Phi) is 5.05. The van der Waals surface area contributed by atoms with Crippen LogP contribution in [0.2, 0.25) is 0 Å². The van der Waals surface area contributed by atoms with Gasteiger partial charge in [0.2, 0.25) is 0 Å². The fraction of sp³-hybridized carbons (Fsp3) is 0.400. The number of anilines is 2. The van der Waals surface area contributed by atoms with Crippen LogP contribution in [0.1, 0.15) is 25.3 Å². The van der Waals surface area contributed by atoms with Crippen molar-refractivity contribution in [2.75, 3.05) is 24.1 Å². The number of hydrogen-bond acceptors (Lipinski definition) is 6. The molecule has 0 aliphatic carbocycles. The van der Waals surface area contributed by atoms with Gasteiger partial charge in [-0.3, -0.25) is 5.41 Å². The zero-order chi connectivity index (χ0) is 15.2. The molecule has 21 heavy (non-hydrogen) atoms. The predicted octanol–water partition coefficient (Wildman–Crippen LogP) is 1.72. The zero-order valence-corrected chi connectivity index (χ0v) is 12.3. The molecule has 0 aromatic carbocycles. The fourth-order valence-corrected chi connectivity index (χ4v) is 2.38. The molecule has 6 nitrogen and oxygen atoms in total. The highest BCUT2D eigenvalue weighted by atomic mass is 15.1. The van der Waals surface area contributed by atoms with Gasteiger partial charge in [-0.05, 0) is 31.9 Å². The standard InChI is InChI=1S/C15H22N6/c1-3-5-10(2)13(16)12-14(17)20-9-21-15(12)19-8-11-6-4-7-18-11/h3,5,9,11,16,18H,2,4,6-8H2,1H3,(H3,17,19,20,21)/b5-3-,16-13?. The largest absolute Gasteiger partial charge is 0.383 e. The summed E-state index contributed by atoms with van der Waals surface area (Å²) in [5.74, 6) is 0.884. The summed E-state index contributed by atoms with van der Waals surface area (Å²) >= 11 is 0. The molecule has 1 aromatic heterocycles. The Morgan fingerprint density at radius 1 is 1.62 bits per heavy atom. The average Bonchev–Trinajstić information content (AvgIpc) is 2.98. The van der Waals surface area contributed by atoms with Crippen molar-refractivity contribution < 1.29 is 0 Å². The first kappa shape index (κ1) is 15.2. The third-order valence-corrected chi connectivity index (χ3v) is 3.49. The smallest absolute Gasteiger partial charge is 0.141 e. The van der Waals surface area contributed by atoms with Crippen LogP contribution in [0.4, 0.5) is 11.6 Å². The number of nitrogens with two attached hydrogens (primary N) is 1. The van der Waals surface area contributed by atoms with Crippen molar-refractivity contribution in [2.24, 2.45) is 0 Å². The van der Waals surface area contributed by atoms with Gasteiger partial charge in [0, 0.05) is 12.6 Å². The molecule has 0 saturated carbocycles. The molecule has 2 heterocycles. The molecule has 1 aliphatic rings. The summed E-state index contributed by atoms with van der Waals surface area (Å²) in [4.78, 5) is 8.22. The van der Waals surface area contributed by atoms with Gasteiger partial charge < -0.3 is 16.4 Å². The van der Waals surface area contributed by atoms with Crippen LogP contribution in [0.15, 0.2) is 30.6 Å². The topological polar surface area (TPSA) is 99.7 Å². The summed E-state index contributed by atoms with van der Waals surface area (Å²) < 4.78 is 0. The molecule has 1 aromatic rings. The predicted molar refractivity (Wildman–Crippen MR) is 86.7 cm³/mol. The maximum absolute atomic E-state index is 8.24. The van der Waals surface area contributed by atoms with E-state index in [1.807, 2.05) is 13.0 Å². The monoisotopic (exact) mass is 286 g/mol. The molecule has 1 atom stereocenters. The molecule has 2 rings (SSSR count). The number of nitrogens with zero attached hydrogens (tertiary/aromatic N) is 2. The van der Waals surface area contributed by atoms with Gasteiger partial charge in [0.05, 0.1) is 11.3 Å². The van der Waals surface area contributed by atoms with Gasteiger partial charge in [-0.15, -0.1) is 0 Å². The highest BCUT2D eigenvalue weighted by Crippen LogP contribution is 2.21. The minimum absolute atomic E-state index is 0.244. The number of nitrogen functional groups attached to an aromatic ring is 1. The van der Waals surface area contributed by atoms with Crippen LogP contribution in [0.5, 0.6) is 0 Å². The van der Waals surface area contributed by atoms with E-state index in [2.05, 4.69) is 27.2 Å². The maximum Gasteiger partial charge on any atom is 0.141 e. The van der Waals surface area contributed by atoms with Gasteiger partial charge in [0.15, 0.2) is 0 Å². The molecule has 112 valence electrons. The van der Waals surface area contributed by atoms with Gasteiger partial charge >= 0.3 is 0 Å². The SMILES string of the molecule is C=C(/C=C\C)C(=N)c1c(N)ncnc1NCC1CCCN1. The Hall–Kier alpha value is -2.21. The lowest BCUT2D eigenvalue weighted by atomic mass is 10.0. The molecular weight excluding hydrogens is 264 g/mol. The summed E-state index contributed by atoms with van der Waals surface area (Å²) in [5.41, 5.74) is 7.27. The van der Waals surface area contributed by atoms with Gasteiger partial charge in [0.25, 0.3) is 0 Å². The molecule has 6 heteroatoms. The first-order chi connectivity index (χ1) is 10.1. The van der Waals surface area contributed by atoms with E-state index in [0.717, 1.165) is 19.5 Å². The molecule has 0 spiro atoms. The Labute approximate surface area is 125 Å². The lowest BCUT2D eigenvalue weighted by Crippen LogP contribution is -2.30. The summed E-state index contributed by atoms with van der Waals surface area (Å²) in [5, 5.41) is 14.9. The van der Waals surface area contributed by atoms with Gasteiger partial charge in [-0.25, -0.2) is 9.97 Å². The minimum Gasteiger partial charge on any atom is -0.383 e. The maximum atomic E-state index is 8.24. The summed E-state index contributed by atoms with van der Waals surface area (Å²) in [7, 11) is 0. The number of nitrogens with one attached hydrogen (secondary N) is 3. The van der Waals surface area contributed by atoms with E-state index in [4.69, 9.17) is 11.1 Å². The minimum atomic E-state index is 0.244. The van der Waals surface area contributed by atoms with Crippen molar-refractivity contribution >= 4 is 17.3 Å². The molecule has 0 bridgehead atoms. The van der Waals surface area contributed by atoms with Crippen molar-refractivity contribution in [2.45, 2.75) is 25.8 Å². The van der Waals surface area contributed by atoms with E-state index in [0.29, 0.717) is 28.8 Å². The van der Waals surface area contributed by atoms with E-state index in [-0.39, 0.29) is 5.71 Å². The second-order valence-corrected chi connectivity index (χ2v) is 5.06. The molecule has 1 saturated heterocycles. The number of hydrogen-bond donors (Lipinski definition) is 4. The van der Waals surface area contributed by atoms with Crippen molar-refractivity contribution in [3.8, 4) is 0 Å². The lowest BCUT2D eigenvalue weighted by Gasteiger charge is -2.16. The van der Waals surface area contributed by atoms with Crippen LogP contribution in [-0.4, -0.2) is 34.8 Å². The van der Waals surface area contributed by atoms with Gasteiger partial charge in [-0.2, -0.15) is 0 Å². The second-order valence-electron chi connectivity index (χ2n) is 5.06. The van der Waals surface area contributed by atoms with Crippen LogP contribution in [0.25, 0.3) is 0 Å². The van der Waals surface area contributed by atoms with E-state index in [1.54, 1.807) is 6.08 Å². The van der Waals surface area contributed by atoms with E-state index >= 15 is 0 Å². The summed E-state index contributed by atoms with van der Waals surface area (Å²) in [6.45, 7) is 7.57. The van der Waals surface area contributed by atoms with Crippen molar-refractivity contribution in [3.05, 3.63) is 36.2 Å². The van der Waals surface area contributed by atoms with Gasteiger partial charge in [-0.1, -0.05) is 18.7 Å². The molecule has 1 unspecified atom stereocenters. The van der Waals surface area contributed by atoms with Crippen molar-refractivity contribution in [1.29, 1.82) is 5.41 Å².